The molecule has 0 saturated carbocycles. The Morgan fingerprint density at radius 1 is 1.30 bits per heavy atom. The van der Waals surface area contributed by atoms with E-state index in [1.54, 1.807) is 31.4 Å². The molecule has 10 nitrogen and oxygen atoms in total. The van der Waals surface area contributed by atoms with Crippen LogP contribution >= 0.6 is 0 Å². The number of carbonyl (C=O) groups is 1. The van der Waals surface area contributed by atoms with Gasteiger partial charge in [-0.25, -0.2) is 9.18 Å². The zero-order valence-electron chi connectivity index (χ0n) is 16.2. The van der Waals surface area contributed by atoms with Gasteiger partial charge in [-0.1, -0.05) is 5.16 Å². The number of carbonyl (C=O) groups excluding carboxylic acids is 1. The molecule has 2 aromatic heterocycles. The van der Waals surface area contributed by atoms with Crippen molar-refractivity contribution in [2.75, 3.05) is 20.2 Å². The average Bonchev–Trinajstić information content (AvgIpc) is 3.40. The van der Waals surface area contributed by atoms with E-state index < -0.39 is 22.8 Å². The van der Waals surface area contributed by atoms with E-state index in [1.807, 2.05) is 0 Å². The molecule has 3 heterocycles. The Kier molecular flexibility index (Phi) is 4.72. The number of H-pyrrole nitrogens is 1. The Labute approximate surface area is 168 Å². The lowest BCUT2D eigenvalue weighted by Gasteiger charge is -2.17. The van der Waals surface area contributed by atoms with Crippen LogP contribution in [0.3, 0.4) is 0 Å². The molecule has 1 saturated heterocycles. The van der Waals surface area contributed by atoms with Crippen LogP contribution < -0.4 is 16.0 Å². The minimum atomic E-state index is -2.04. The third-order valence-electron chi connectivity index (χ3n) is 5.07. The van der Waals surface area contributed by atoms with Crippen molar-refractivity contribution in [3.63, 3.8) is 0 Å². The fraction of sp³-hybridized carbons (Fsp3) is 0.316. The van der Waals surface area contributed by atoms with Gasteiger partial charge >= 0.3 is 5.69 Å². The zero-order chi connectivity index (χ0) is 21.5. The molecule has 1 fully saturated rings. The van der Waals surface area contributed by atoms with Crippen LogP contribution in [0.15, 0.2) is 44.6 Å². The maximum absolute atomic E-state index is 15.5. The van der Waals surface area contributed by atoms with Crippen molar-refractivity contribution in [1.82, 2.24) is 24.6 Å². The van der Waals surface area contributed by atoms with Gasteiger partial charge in [0.15, 0.2) is 0 Å². The first kappa shape index (κ1) is 19.6. The molecule has 4 rings (SSSR count). The molecule has 0 radical (unpaired) electrons. The molecule has 11 heteroatoms. The quantitative estimate of drug-likeness (QED) is 0.670. The number of hydrogen-bond donors (Lipinski definition) is 1. The van der Waals surface area contributed by atoms with Gasteiger partial charge in [-0.3, -0.25) is 14.2 Å². The highest BCUT2D eigenvalue weighted by atomic mass is 19.1. The molecule has 156 valence electrons. The van der Waals surface area contributed by atoms with Crippen molar-refractivity contribution in [1.29, 1.82) is 0 Å². The van der Waals surface area contributed by atoms with Gasteiger partial charge in [0.2, 0.25) is 11.5 Å². The average molecular weight is 415 g/mol. The molecular weight excluding hydrogens is 397 g/mol. The molecule has 1 aliphatic rings. The first-order valence-corrected chi connectivity index (χ1v) is 9.08. The van der Waals surface area contributed by atoms with Gasteiger partial charge in [0.05, 0.1) is 13.7 Å². The second-order valence-corrected chi connectivity index (χ2v) is 6.97. The first-order chi connectivity index (χ1) is 14.3. The summed E-state index contributed by atoms with van der Waals surface area (Å²) in [6.07, 6.45) is 0.979. The Hall–Kier alpha value is -3.76. The molecule has 1 atom stereocenters. The minimum absolute atomic E-state index is 0.0534. The Balaban J connectivity index is 1.55. The van der Waals surface area contributed by atoms with Gasteiger partial charge in [0, 0.05) is 31.8 Å². The lowest BCUT2D eigenvalue weighted by molar-refractivity contribution is 0.0714. The fourth-order valence-electron chi connectivity index (χ4n) is 3.27. The summed E-state index contributed by atoms with van der Waals surface area (Å²) < 4.78 is 26.5. The van der Waals surface area contributed by atoms with E-state index in [0.717, 1.165) is 10.8 Å². The fourth-order valence-corrected chi connectivity index (χ4v) is 3.27. The van der Waals surface area contributed by atoms with Crippen LogP contribution in [-0.4, -0.2) is 50.7 Å². The SMILES string of the molecule is COc1ccc(-c2noc(C3(F)CCN(C(=O)c4c[nH]c(=O)n(C)c4=O)C3)n2)cc1. The number of likely N-dealkylation sites (tertiary alicyclic amines) is 1. The van der Waals surface area contributed by atoms with Gasteiger partial charge in [0.1, 0.15) is 11.3 Å². The highest BCUT2D eigenvalue weighted by molar-refractivity contribution is 5.93. The summed E-state index contributed by atoms with van der Waals surface area (Å²) in [5, 5.41) is 3.83. The van der Waals surface area contributed by atoms with Crippen LogP contribution in [0.25, 0.3) is 11.4 Å². The number of benzene rings is 1. The maximum atomic E-state index is 15.5. The lowest BCUT2D eigenvalue weighted by Crippen LogP contribution is -2.40. The number of ether oxygens (including phenoxy) is 1. The van der Waals surface area contributed by atoms with Crippen molar-refractivity contribution in [3.8, 4) is 17.1 Å². The molecule has 1 aromatic carbocycles. The molecular formula is C19H18FN5O5. The number of nitrogens with one attached hydrogen (secondary N) is 1. The smallest absolute Gasteiger partial charge is 0.328 e. The third-order valence-corrected chi connectivity index (χ3v) is 5.07. The Bertz CT molecular complexity index is 1220. The summed E-state index contributed by atoms with van der Waals surface area (Å²) >= 11 is 0. The Morgan fingerprint density at radius 2 is 2.03 bits per heavy atom. The van der Waals surface area contributed by atoms with Crippen LogP contribution in [0.1, 0.15) is 22.7 Å². The molecule has 1 unspecified atom stereocenters. The number of rotatable bonds is 4. The lowest BCUT2D eigenvalue weighted by atomic mass is 10.1. The monoisotopic (exact) mass is 415 g/mol. The van der Waals surface area contributed by atoms with Gasteiger partial charge in [-0.2, -0.15) is 4.98 Å². The molecule has 30 heavy (non-hydrogen) atoms. The predicted octanol–water partition coefficient (Wildman–Crippen LogP) is 0.843. The van der Waals surface area contributed by atoms with E-state index in [0.29, 0.717) is 11.3 Å². The van der Waals surface area contributed by atoms with Crippen LogP contribution in [0, 0.1) is 0 Å². The number of halogens is 1. The molecule has 0 aliphatic carbocycles. The number of hydrogen-bond acceptors (Lipinski definition) is 7. The summed E-state index contributed by atoms with van der Waals surface area (Å²) in [5.41, 5.74) is -3.06. The summed E-state index contributed by atoms with van der Waals surface area (Å²) in [5.74, 6) is -0.0500. The van der Waals surface area contributed by atoms with Crippen molar-refractivity contribution >= 4 is 5.91 Å². The number of amides is 1. The van der Waals surface area contributed by atoms with E-state index in [-0.39, 0.29) is 36.8 Å². The van der Waals surface area contributed by atoms with E-state index in [9.17, 15) is 14.4 Å². The van der Waals surface area contributed by atoms with E-state index in [1.165, 1.54) is 11.9 Å². The van der Waals surface area contributed by atoms with Crippen molar-refractivity contribution in [2.24, 2.45) is 7.05 Å². The summed E-state index contributed by atoms with van der Waals surface area (Å²) in [6, 6.07) is 6.87. The highest BCUT2D eigenvalue weighted by Crippen LogP contribution is 2.36. The zero-order valence-corrected chi connectivity index (χ0v) is 16.2. The van der Waals surface area contributed by atoms with E-state index in [4.69, 9.17) is 9.26 Å². The number of nitrogens with zero attached hydrogens (tertiary/aromatic N) is 4. The summed E-state index contributed by atoms with van der Waals surface area (Å²) in [6.45, 7) is -0.295. The summed E-state index contributed by atoms with van der Waals surface area (Å²) in [4.78, 5) is 44.0. The molecule has 0 spiro atoms. The van der Waals surface area contributed by atoms with E-state index >= 15 is 4.39 Å². The van der Waals surface area contributed by atoms with Crippen molar-refractivity contribution < 1.29 is 18.4 Å². The van der Waals surface area contributed by atoms with Gasteiger partial charge in [-0.15, -0.1) is 0 Å². The van der Waals surface area contributed by atoms with Gasteiger partial charge in [-0.05, 0) is 24.3 Å². The topological polar surface area (TPSA) is 123 Å². The van der Waals surface area contributed by atoms with E-state index in [2.05, 4.69) is 15.1 Å². The van der Waals surface area contributed by atoms with Gasteiger partial charge < -0.3 is 19.1 Å². The van der Waals surface area contributed by atoms with Gasteiger partial charge in [0.25, 0.3) is 17.4 Å². The van der Waals surface area contributed by atoms with Crippen molar-refractivity contribution in [3.05, 3.63) is 62.8 Å². The van der Waals surface area contributed by atoms with Crippen molar-refractivity contribution in [2.45, 2.75) is 12.1 Å². The maximum Gasteiger partial charge on any atom is 0.328 e. The normalized spacial score (nSPS) is 18.6. The predicted molar refractivity (Wildman–Crippen MR) is 102 cm³/mol. The second-order valence-electron chi connectivity index (χ2n) is 6.97. The highest BCUT2D eigenvalue weighted by Gasteiger charge is 2.47. The third kappa shape index (κ3) is 3.27. The standard InChI is InChI=1S/C19H18FN5O5/c1-24-15(26)13(9-21-18(24)28)16(27)25-8-7-19(20,10-25)17-22-14(23-30-17)11-3-5-12(29-2)6-4-11/h3-6,9H,7-8,10H2,1-2H3,(H,21,28). The molecule has 3 aromatic rings. The van der Waals surface area contributed by atoms with Crippen LogP contribution in [0.2, 0.25) is 0 Å². The minimum Gasteiger partial charge on any atom is -0.497 e. The molecule has 1 amide bonds. The number of aromatic amines is 1. The Morgan fingerprint density at radius 3 is 2.73 bits per heavy atom. The molecule has 1 N–H and O–H groups in total. The second kappa shape index (κ2) is 7.25. The first-order valence-electron chi connectivity index (χ1n) is 9.08. The van der Waals surface area contributed by atoms with Crippen LogP contribution in [0.5, 0.6) is 5.75 Å². The number of methoxy groups -OCH3 is 1. The van der Waals surface area contributed by atoms with Crippen LogP contribution in [-0.2, 0) is 12.7 Å². The number of aromatic nitrogens is 4. The van der Waals surface area contributed by atoms with Crippen LogP contribution in [0.4, 0.5) is 4.39 Å². The number of alkyl halides is 1. The summed E-state index contributed by atoms with van der Waals surface area (Å²) in [7, 11) is 2.80. The molecule has 1 aliphatic heterocycles. The largest absolute Gasteiger partial charge is 0.497 e. The molecule has 0 bridgehead atoms.